The maximum Gasteiger partial charge on any atom is 0.138 e. The van der Waals surface area contributed by atoms with Gasteiger partial charge in [-0.1, -0.05) is 66.7 Å². The summed E-state index contributed by atoms with van der Waals surface area (Å²) in [6.45, 7) is 0. The summed E-state index contributed by atoms with van der Waals surface area (Å²) in [5, 5.41) is 1.11. The van der Waals surface area contributed by atoms with E-state index in [9.17, 15) is 0 Å². The van der Waals surface area contributed by atoms with E-state index in [1.807, 2.05) is 24.5 Å². The summed E-state index contributed by atoms with van der Waals surface area (Å²) in [6, 6.07) is 31.8. The first kappa shape index (κ1) is 16.0. The fraction of sp³-hybridized carbons (Fsp3) is 0. The van der Waals surface area contributed by atoms with E-state index in [4.69, 9.17) is 4.98 Å². The predicted octanol–water partition coefficient (Wildman–Crippen LogP) is 6.37. The average molecular weight is 371 g/mol. The Hall–Kier alpha value is -3.98. The van der Waals surface area contributed by atoms with Crippen LogP contribution in [-0.4, -0.2) is 14.4 Å². The summed E-state index contributed by atoms with van der Waals surface area (Å²) in [4.78, 5) is 9.21. The molecule has 0 aliphatic carbocycles. The first-order valence-electron chi connectivity index (χ1n) is 9.68. The minimum atomic E-state index is 0.951. The van der Waals surface area contributed by atoms with E-state index >= 15 is 0 Å². The lowest BCUT2D eigenvalue weighted by Crippen LogP contribution is -1.88. The Morgan fingerprint density at radius 1 is 0.586 bits per heavy atom. The molecule has 0 fully saturated rings. The van der Waals surface area contributed by atoms with Crippen LogP contribution in [0.2, 0.25) is 0 Å². The lowest BCUT2D eigenvalue weighted by molar-refractivity contribution is 1.27. The lowest BCUT2D eigenvalue weighted by atomic mass is 9.99. The number of imidazole rings is 1. The van der Waals surface area contributed by atoms with Gasteiger partial charge in [-0.05, 0) is 41.0 Å². The summed E-state index contributed by atoms with van der Waals surface area (Å²) >= 11 is 0. The third-order valence-electron chi connectivity index (χ3n) is 5.49. The molecule has 0 N–H and O–H groups in total. The van der Waals surface area contributed by atoms with E-state index in [0.29, 0.717) is 0 Å². The van der Waals surface area contributed by atoms with Gasteiger partial charge in [-0.15, -0.1) is 0 Å². The first-order valence-corrected chi connectivity index (χ1v) is 9.68. The zero-order valence-electron chi connectivity index (χ0n) is 15.7. The van der Waals surface area contributed by atoms with Gasteiger partial charge in [0, 0.05) is 23.3 Å². The second-order valence-corrected chi connectivity index (χ2v) is 7.19. The predicted molar refractivity (Wildman–Crippen MR) is 119 cm³/mol. The third-order valence-corrected chi connectivity index (χ3v) is 5.49. The molecule has 0 unspecified atom stereocenters. The highest BCUT2D eigenvalue weighted by Gasteiger charge is 2.12. The van der Waals surface area contributed by atoms with Crippen LogP contribution in [0.25, 0.3) is 49.8 Å². The Balaban J connectivity index is 1.56. The van der Waals surface area contributed by atoms with Gasteiger partial charge in [0.05, 0.1) is 16.6 Å². The quantitative estimate of drug-likeness (QED) is 0.354. The van der Waals surface area contributed by atoms with Crippen molar-refractivity contribution < 1.29 is 0 Å². The highest BCUT2D eigenvalue weighted by atomic mass is 15.0. The van der Waals surface area contributed by atoms with E-state index in [2.05, 4.69) is 88.2 Å². The average Bonchev–Trinajstić information content (AvgIpc) is 3.19. The Morgan fingerprint density at radius 2 is 1.38 bits per heavy atom. The molecule has 0 aliphatic rings. The fourth-order valence-electron chi connectivity index (χ4n) is 4.08. The standard InChI is InChI=1S/C26H17N3/c1-2-5-18(6-3-1)19-9-11-20(12-10-19)22-7-4-8-24-26(22)28-25-14-13-21-17-27-16-15-23(21)29(24)25/h1-17H. The maximum atomic E-state index is 4.96. The number of pyridine rings is 2. The number of para-hydroxylation sites is 1. The Morgan fingerprint density at radius 3 is 2.24 bits per heavy atom. The molecule has 0 amide bonds. The van der Waals surface area contributed by atoms with Crippen molar-refractivity contribution in [3.8, 4) is 22.3 Å². The van der Waals surface area contributed by atoms with E-state index in [1.54, 1.807) is 0 Å². The zero-order valence-corrected chi connectivity index (χ0v) is 15.7. The summed E-state index contributed by atoms with van der Waals surface area (Å²) in [5.74, 6) is 0. The topological polar surface area (TPSA) is 30.2 Å². The second kappa shape index (κ2) is 6.28. The van der Waals surface area contributed by atoms with Gasteiger partial charge in [0.1, 0.15) is 5.65 Å². The van der Waals surface area contributed by atoms with E-state index < -0.39 is 0 Å². The van der Waals surface area contributed by atoms with Gasteiger partial charge in [-0.2, -0.15) is 0 Å². The van der Waals surface area contributed by atoms with Crippen LogP contribution in [0.4, 0.5) is 0 Å². The van der Waals surface area contributed by atoms with Crippen LogP contribution in [0.3, 0.4) is 0 Å². The number of rotatable bonds is 2. The molecule has 3 nitrogen and oxygen atoms in total. The van der Waals surface area contributed by atoms with Crippen LogP contribution in [0.15, 0.2) is 103 Å². The minimum absolute atomic E-state index is 0.951. The van der Waals surface area contributed by atoms with Crippen LogP contribution in [0.1, 0.15) is 0 Å². The van der Waals surface area contributed by atoms with Crippen molar-refractivity contribution in [3.63, 3.8) is 0 Å². The number of fused-ring (bicyclic) bond motifs is 5. The number of nitrogens with zero attached hydrogens (tertiary/aromatic N) is 3. The molecule has 6 rings (SSSR count). The molecule has 136 valence electrons. The minimum Gasteiger partial charge on any atom is -0.292 e. The third kappa shape index (κ3) is 2.52. The van der Waals surface area contributed by atoms with Crippen molar-refractivity contribution in [3.05, 3.63) is 103 Å². The molecular formula is C26H17N3. The molecule has 0 atom stereocenters. The highest BCUT2D eigenvalue weighted by molar-refractivity contribution is 5.98. The van der Waals surface area contributed by atoms with Gasteiger partial charge in [-0.25, -0.2) is 4.98 Å². The molecule has 3 heteroatoms. The SMILES string of the molecule is c1ccc(-c2ccc(-c3cccc4c3nc3ccc5cnccc5n34)cc2)cc1. The van der Waals surface area contributed by atoms with Crippen LogP contribution in [0, 0.1) is 0 Å². The van der Waals surface area contributed by atoms with E-state index in [1.165, 1.54) is 16.7 Å². The maximum absolute atomic E-state index is 4.96. The molecule has 6 aromatic rings. The van der Waals surface area contributed by atoms with Crippen LogP contribution < -0.4 is 0 Å². The van der Waals surface area contributed by atoms with Gasteiger partial charge in [0.25, 0.3) is 0 Å². The fourth-order valence-corrected chi connectivity index (χ4v) is 4.08. The summed E-state index contributed by atoms with van der Waals surface area (Å²) < 4.78 is 2.22. The molecule has 0 aliphatic heterocycles. The van der Waals surface area contributed by atoms with Crippen LogP contribution in [-0.2, 0) is 0 Å². The molecule has 3 heterocycles. The van der Waals surface area contributed by atoms with Crippen molar-refractivity contribution >= 4 is 27.6 Å². The second-order valence-electron chi connectivity index (χ2n) is 7.19. The molecule has 0 bridgehead atoms. The van der Waals surface area contributed by atoms with Crippen molar-refractivity contribution in [1.29, 1.82) is 0 Å². The molecule has 3 aromatic heterocycles. The molecule has 3 aromatic carbocycles. The molecule has 29 heavy (non-hydrogen) atoms. The van der Waals surface area contributed by atoms with Crippen molar-refractivity contribution in [2.24, 2.45) is 0 Å². The van der Waals surface area contributed by atoms with Crippen LogP contribution in [0.5, 0.6) is 0 Å². The summed E-state index contributed by atoms with van der Waals surface area (Å²) in [7, 11) is 0. The Kier molecular flexibility index (Phi) is 3.47. The lowest BCUT2D eigenvalue weighted by Gasteiger charge is -2.06. The molecular weight excluding hydrogens is 354 g/mol. The van der Waals surface area contributed by atoms with E-state index in [0.717, 1.165) is 33.1 Å². The molecule has 0 saturated heterocycles. The number of hydrogen-bond acceptors (Lipinski definition) is 2. The summed E-state index contributed by atoms with van der Waals surface area (Å²) in [5.41, 5.74) is 8.96. The molecule has 0 spiro atoms. The molecule has 0 saturated carbocycles. The van der Waals surface area contributed by atoms with E-state index in [-0.39, 0.29) is 0 Å². The van der Waals surface area contributed by atoms with Crippen molar-refractivity contribution in [2.45, 2.75) is 0 Å². The Bertz CT molecular complexity index is 1480. The van der Waals surface area contributed by atoms with Gasteiger partial charge < -0.3 is 0 Å². The van der Waals surface area contributed by atoms with Gasteiger partial charge >= 0.3 is 0 Å². The highest BCUT2D eigenvalue weighted by Crippen LogP contribution is 2.32. The number of hydrogen-bond donors (Lipinski definition) is 0. The summed E-state index contributed by atoms with van der Waals surface area (Å²) in [6.07, 6.45) is 3.73. The smallest absolute Gasteiger partial charge is 0.138 e. The molecule has 0 radical (unpaired) electrons. The number of aromatic nitrogens is 3. The zero-order chi connectivity index (χ0) is 19.2. The normalized spacial score (nSPS) is 11.4. The van der Waals surface area contributed by atoms with Gasteiger partial charge in [0.2, 0.25) is 0 Å². The number of benzene rings is 3. The largest absolute Gasteiger partial charge is 0.292 e. The van der Waals surface area contributed by atoms with Crippen molar-refractivity contribution in [1.82, 2.24) is 14.4 Å². The van der Waals surface area contributed by atoms with Crippen molar-refractivity contribution in [2.75, 3.05) is 0 Å². The first-order chi connectivity index (χ1) is 14.4. The van der Waals surface area contributed by atoms with Gasteiger partial charge in [0.15, 0.2) is 0 Å². The van der Waals surface area contributed by atoms with Gasteiger partial charge in [-0.3, -0.25) is 9.38 Å². The Labute approximate surface area is 167 Å². The van der Waals surface area contributed by atoms with Crippen LogP contribution >= 0.6 is 0 Å². The monoisotopic (exact) mass is 371 g/mol.